The standard InChI is InChI=1S/C18H37N5O2S/c1-4-13-26(24,25)23-11-8-17(9-12-23)21-18(19-5-2)20-14-16-7-6-10-22(3)15-16/h16-17H,4-15H2,1-3H3,(H2,19,20,21). The van der Waals surface area contributed by atoms with Crippen LogP contribution in [0.15, 0.2) is 4.99 Å². The summed E-state index contributed by atoms with van der Waals surface area (Å²) in [5.41, 5.74) is 0. The Labute approximate surface area is 159 Å². The van der Waals surface area contributed by atoms with Gasteiger partial charge in [-0.2, -0.15) is 0 Å². The number of rotatable bonds is 7. The summed E-state index contributed by atoms with van der Waals surface area (Å²) in [5.74, 6) is 1.76. The SMILES string of the molecule is CCCS(=O)(=O)N1CCC(NC(=NCC2CCCN(C)C2)NCC)CC1. The Morgan fingerprint density at radius 2 is 1.88 bits per heavy atom. The highest BCUT2D eigenvalue weighted by atomic mass is 32.2. The van der Waals surface area contributed by atoms with Gasteiger partial charge in [0.2, 0.25) is 10.0 Å². The molecule has 26 heavy (non-hydrogen) atoms. The van der Waals surface area contributed by atoms with E-state index in [1.165, 1.54) is 19.4 Å². The molecule has 2 aliphatic heterocycles. The number of guanidine groups is 1. The number of sulfonamides is 1. The molecule has 8 heteroatoms. The minimum atomic E-state index is -3.07. The molecule has 0 aliphatic carbocycles. The van der Waals surface area contributed by atoms with Gasteiger partial charge in [-0.25, -0.2) is 12.7 Å². The van der Waals surface area contributed by atoms with E-state index < -0.39 is 10.0 Å². The number of piperidine rings is 2. The van der Waals surface area contributed by atoms with E-state index in [2.05, 4.69) is 29.5 Å². The highest BCUT2D eigenvalue weighted by Crippen LogP contribution is 2.16. The van der Waals surface area contributed by atoms with Gasteiger partial charge in [0.1, 0.15) is 0 Å². The highest BCUT2D eigenvalue weighted by molar-refractivity contribution is 7.89. The number of likely N-dealkylation sites (tertiary alicyclic amines) is 1. The number of nitrogens with zero attached hydrogens (tertiary/aromatic N) is 3. The first kappa shape index (κ1) is 21.4. The third-order valence-corrected chi connectivity index (χ3v) is 7.30. The molecule has 0 aromatic carbocycles. The Kier molecular flexibility index (Phi) is 8.63. The summed E-state index contributed by atoms with van der Waals surface area (Å²) < 4.78 is 26.0. The van der Waals surface area contributed by atoms with E-state index in [9.17, 15) is 8.42 Å². The van der Waals surface area contributed by atoms with E-state index in [0.717, 1.165) is 38.4 Å². The summed E-state index contributed by atoms with van der Waals surface area (Å²) in [6.07, 6.45) is 4.85. The van der Waals surface area contributed by atoms with Gasteiger partial charge in [-0.05, 0) is 58.5 Å². The van der Waals surface area contributed by atoms with E-state index in [1.807, 2.05) is 6.92 Å². The lowest BCUT2D eigenvalue weighted by Crippen LogP contribution is -2.50. The van der Waals surface area contributed by atoms with Crippen LogP contribution in [0.4, 0.5) is 0 Å². The molecule has 2 rings (SSSR count). The molecule has 2 aliphatic rings. The Morgan fingerprint density at radius 3 is 2.50 bits per heavy atom. The second kappa shape index (κ2) is 10.5. The number of hydrogen-bond acceptors (Lipinski definition) is 4. The number of hydrogen-bond donors (Lipinski definition) is 2. The zero-order valence-electron chi connectivity index (χ0n) is 16.7. The molecule has 0 radical (unpaired) electrons. The molecule has 2 N–H and O–H groups in total. The van der Waals surface area contributed by atoms with Gasteiger partial charge in [0, 0.05) is 38.8 Å². The van der Waals surface area contributed by atoms with Gasteiger partial charge < -0.3 is 15.5 Å². The van der Waals surface area contributed by atoms with E-state index >= 15 is 0 Å². The first-order chi connectivity index (χ1) is 12.4. The lowest BCUT2D eigenvalue weighted by Gasteiger charge is -2.32. The molecular weight excluding hydrogens is 350 g/mol. The average molecular weight is 388 g/mol. The molecule has 1 atom stereocenters. The van der Waals surface area contributed by atoms with Crippen LogP contribution in [0.3, 0.4) is 0 Å². The summed E-state index contributed by atoms with van der Waals surface area (Å²) >= 11 is 0. The Balaban J connectivity index is 1.83. The van der Waals surface area contributed by atoms with E-state index in [-0.39, 0.29) is 11.8 Å². The van der Waals surface area contributed by atoms with Crippen molar-refractivity contribution in [3.8, 4) is 0 Å². The molecule has 0 aromatic rings. The summed E-state index contributed by atoms with van der Waals surface area (Å²) in [6, 6.07) is 0.287. The maximum atomic E-state index is 12.2. The van der Waals surface area contributed by atoms with Crippen molar-refractivity contribution in [2.24, 2.45) is 10.9 Å². The zero-order valence-corrected chi connectivity index (χ0v) is 17.5. The topological polar surface area (TPSA) is 77.0 Å². The van der Waals surface area contributed by atoms with Crippen molar-refractivity contribution in [1.82, 2.24) is 19.8 Å². The molecule has 0 aromatic heterocycles. The van der Waals surface area contributed by atoms with Crippen LogP contribution in [0, 0.1) is 5.92 Å². The fourth-order valence-electron chi connectivity index (χ4n) is 3.82. The summed E-state index contributed by atoms with van der Waals surface area (Å²) in [7, 11) is -0.890. The van der Waals surface area contributed by atoms with Crippen LogP contribution >= 0.6 is 0 Å². The third kappa shape index (κ3) is 6.70. The molecule has 0 saturated carbocycles. The van der Waals surface area contributed by atoms with E-state index in [0.29, 0.717) is 25.4 Å². The van der Waals surface area contributed by atoms with Crippen LogP contribution in [0.2, 0.25) is 0 Å². The quantitative estimate of drug-likeness (QED) is 0.505. The molecule has 7 nitrogen and oxygen atoms in total. The normalized spacial score (nSPS) is 24.6. The molecule has 2 fully saturated rings. The molecule has 0 amide bonds. The van der Waals surface area contributed by atoms with Crippen molar-refractivity contribution in [3.05, 3.63) is 0 Å². The van der Waals surface area contributed by atoms with Crippen LogP contribution in [0.25, 0.3) is 0 Å². The summed E-state index contributed by atoms with van der Waals surface area (Å²) in [4.78, 5) is 7.18. The first-order valence-corrected chi connectivity index (χ1v) is 11.8. The van der Waals surface area contributed by atoms with Crippen molar-refractivity contribution in [2.45, 2.75) is 52.0 Å². The van der Waals surface area contributed by atoms with Gasteiger partial charge in [0.05, 0.1) is 5.75 Å². The third-order valence-electron chi connectivity index (χ3n) is 5.22. The van der Waals surface area contributed by atoms with E-state index in [1.54, 1.807) is 4.31 Å². The van der Waals surface area contributed by atoms with Gasteiger partial charge in [-0.3, -0.25) is 4.99 Å². The molecule has 2 saturated heterocycles. The van der Waals surface area contributed by atoms with Crippen molar-refractivity contribution in [1.29, 1.82) is 0 Å². The smallest absolute Gasteiger partial charge is 0.214 e. The van der Waals surface area contributed by atoms with Gasteiger partial charge in [-0.1, -0.05) is 6.92 Å². The highest BCUT2D eigenvalue weighted by Gasteiger charge is 2.27. The average Bonchev–Trinajstić information content (AvgIpc) is 2.60. The lowest BCUT2D eigenvalue weighted by molar-refractivity contribution is 0.214. The summed E-state index contributed by atoms with van der Waals surface area (Å²) in [5, 5.41) is 6.85. The molecule has 1 unspecified atom stereocenters. The maximum absolute atomic E-state index is 12.2. The van der Waals surface area contributed by atoms with Crippen molar-refractivity contribution in [3.63, 3.8) is 0 Å². The second-order valence-electron chi connectivity index (χ2n) is 7.62. The van der Waals surface area contributed by atoms with Gasteiger partial charge in [0.25, 0.3) is 0 Å². The number of aliphatic imine (C=N–C) groups is 1. The van der Waals surface area contributed by atoms with Crippen LogP contribution < -0.4 is 10.6 Å². The minimum Gasteiger partial charge on any atom is -0.357 e. The van der Waals surface area contributed by atoms with Crippen molar-refractivity contribution in [2.75, 3.05) is 52.1 Å². The first-order valence-electron chi connectivity index (χ1n) is 10.2. The Morgan fingerprint density at radius 1 is 1.15 bits per heavy atom. The molecular formula is C18H37N5O2S. The molecule has 0 spiro atoms. The fraction of sp³-hybridized carbons (Fsp3) is 0.944. The number of nitrogens with one attached hydrogen (secondary N) is 2. The van der Waals surface area contributed by atoms with Crippen LogP contribution in [-0.2, 0) is 10.0 Å². The van der Waals surface area contributed by atoms with Crippen molar-refractivity contribution < 1.29 is 8.42 Å². The zero-order chi connectivity index (χ0) is 19.0. The fourth-order valence-corrected chi connectivity index (χ4v) is 5.36. The predicted molar refractivity (Wildman–Crippen MR) is 108 cm³/mol. The van der Waals surface area contributed by atoms with Gasteiger partial charge in [-0.15, -0.1) is 0 Å². The van der Waals surface area contributed by atoms with Crippen LogP contribution in [0.1, 0.15) is 46.0 Å². The maximum Gasteiger partial charge on any atom is 0.214 e. The van der Waals surface area contributed by atoms with Crippen molar-refractivity contribution >= 4 is 16.0 Å². The van der Waals surface area contributed by atoms with Gasteiger partial charge in [0.15, 0.2) is 5.96 Å². The summed E-state index contributed by atoms with van der Waals surface area (Å²) in [6.45, 7) is 9.19. The predicted octanol–water partition coefficient (Wildman–Crippen LogP) is 1.09. The largest absolute Gasteiger partial charge is 0.357 e. The monoisotopic (exact) mass is 387 g/mol. The minimum absolute atomic E-state index is 0.255. The van der Waals surface area contributed by atoms with Gasteiger partial charge >= 0.3 is 0 Å². The van der Waals surface area contributed by atoms with Crippen LogP contribution in [0.5, 0.6) is 0 Å². The molecule has 0 bridgehead atoms. The van der Waals surface area contributed by atoms with E-state index in [4.69, 9.17) is 4.99 Å². The Hall–Kier alpha value is -0.860. The lowest BCUT2D eigenvalue weighted by atomic mass is 9.99. The molecule has 152 valence electrons. The molecule has 2 heterocycles. The Bertz CT molecular complexity index is 544. The van der Waals surface area contributed by atoms with Crippen LogP contribution in [-0.4, -0.2) is 81.7 Å². The second-order valence-corrected chi connectivity index (χ2v) is 9.71.